The van der Waals surface area contributed by atoms with Crippen LogP contribution in [-0.2, 0) is 29.1 Å². The summed E-state index contributed by atoms with van der Waals surface area (Å²) in [7, 11) is -7.13. The second-order valence-corrected chi connectivity index (χ2v) is 16.0. The Balaban J connectivity index is 0.000000230. The van der Waals surface area contributed by atoms with Crippen molar-refractivity contribution in [3.63, 3.8) is 0 Å². The van der Waals surface area contributed by atoms with Gasteiger partial charge in [0.1, 0.15) is 0 Å². The Bertz CT molecular complexity index is 2260. The lowest BCUT2D eigenvalue weighted by atomic mass is 10.2. The van der Waals surface area contributed by atoms with Gasteiger partial charge in [0.15, 0.2) is 11.1 Å². The van der Waals surface area contributed by atoms with Crippen LogP contribution < -0.4 is 5.73 Å². The normalized spacial score (nSPS) is 11.2. The highest BCUT2D eigenvalue weighted by Gasteiger charge is 2.19. The summed E-state index contributed by atoms with van der Waals surface area (Å²) in [6, 6.07) is 22.0. The maximum absolute atomic E-state index is 12.7. The van der Waals surface area contributed by atoms with Gasteiger partial charge in [0.05, 0.1) is 30.4 Å². The summed E-state index contributed by atoms with van der Waals surface area (Å²) in [4.78, 5) is 7.54. The topological polar surface area (TPSA) is 146 Å². The number of aromatic amines is 1. The Morgan fingerprint density at radius 1 is 0.788 bits per heavy atom. The third kappa shape index (κ3) is 11.5. The van der Waals surface area contributed by atoms with E-state index in [1.807, 2.05) is 13.8 Å². The second kappa shape index (κ2) is 20.1. The number of ether oxygens (including phenoxy) is 2. The molecular weight excluding hydrogens is 784 g/mol. The average molecular weight is 822 g/mol. The van der Waals surface area contributed by atoms with E-state index in [1.165, 1.54) is 24.3 Å². The number of rotatable bonds is 11. The molecule has 3 N–H and O–H groups in total. The van der Waals surface area contributed by atoms with E-state index in [-0.39, 0.29) is 25.9 Å². The minimum Gasteiger partial charge on any atom is -0.352 e. The molecular formula is C36H38Cl2N4O6S4. The van der Waals surface area contributed by atoms with Crippen LogP contribution in [0.25, 0.3) is 5.69 Å². The molecule has 5 rings (SSSR count). The Morgan fingerprint density at radius 3 is 1.60 bits per heavy atom. The highest BCUT2D eigenvalue weighted by Crippen LogP contribution is 2.27. The molecule has 4 aromatic carbocycles. The number of aliphatic imine (C=N–C) groups is 1. The standard InChI is InChI=1S/C16H13ClN2O2S2.C14H10ClNO2S2.C6H15NO2/c1-11-10-14(6-7-15(11)17)23(20,21)13-4-2-12(3-5-13)19-9-8-18-16(19)22;1-10-8-13(6-7-14(10)15)20(17,18)12-4-2-11(3-5-12)16-9-19;1-3-8-6(5-7)9-4-2/h2-10H,1H3,(H,18,22);2-8H,1H3;6H,3-5,7H2,1-2H3. The van der Waals surface area contributed by atoms with Crippen LogP contribution in [0.4, 0.5) is 5.69 Å². The quantitative estimate of drug-likeness (QED) is 0.0758. The number of hydrogen-bond donors (Lipinski definition) is 2. The zero-order valence-corrected chi connectivity index (χ0v) is 33.5. The Labute approximate surface area is 325 Å². The summed E-state index contributed by atoms with van der Waals surface area (Å²) in [5.74, 6) is 0. The summed E-state index contributed by atoms with van der Waals surface area (Å²) in [6.45, 7) is 9.12. The highest BCUT2D eigenvalue weighted by atomic mass is 35.5. The fourth-order valence-electron chi connectivity index (χ4n) is 4.46. The highest BCUT2D eigenvalue weighted by molar-refractivity contribution is 7.91. The molecule has 0 aliphatic heterocycles. The molecule has 276 valence electrons. The van der Waals surface area contributed by atoms with Crippen molar-refractivity contribution in [1.82, 2.24) is 9.55 Å². The number of halogens is 2. The number of nitrogens with two attached hydrogens (primary N) is 1. The van der Waals surface area contributed by atoms with Gasteiger partial charge in [-0.15, -0.1) is 0 Å². The number of nitrogens with one attached hydrogen (secondary N) is 1. The van der Waals surface area contributed by atoms with E-state index in [9.17, 15) is 16.8 Å². The lowest BCUT2D eigenvalue weighted by Crippen LogP contribution is -2.26. The van der Waals surface area contributed by atoms with E-state index in [0.29, 0.717) is 40.3 Å². The molecule has 0 saturated heterocycles. The second-order valence-electron chi connectivity index (χ2n) is 10.7. The van der Waals surface area contributed by atoms with Crippen LogP contribution in [0, 0.1) is 18.6 Å². The minimum absolute atomic E-state index is 0.197. The van der Waals surface area contributed by atoms with E-state index in [0.717, 1.165) is 16.8 Å². The first-order valence-corrected chi connectivity index (χ1v) is 20.2. The molecule has 0 fully saturated rings. The first-order valence-electron chi connectivity index (χ1n) is 15.7. The van der Waals surface area contributed by atoms with Crippen molar-refractivity contribution in [3.05, 3.63) is 123 Å². The van der Waals surface area contributed by atoms with E-state index in [4.69, 9.17) is 50.6 Å². The maximum Gasteiger partial charge on any atom is 0.206 e. The van der Waals surface area contributed by atoms with Gasteiger partial charge < -0.3 is 20.2 Å². The van der Waals surface area contributed by atoms with Crippen LogP contribution >= 0.6 is 47.6 Å². The summed E-state index contributed by atoms with van der Waals surface area (Å²) in [5, 5.41) is 3.31. The zero-order chi connectivity index (χ0) is 38.5. The Morgan fingerprint density at radius 2 is 1.23 bits per heavy atom. The number of aromatic nitrogens is 2. The monoisotopic (exact) mass is 820 g/mol. The van der Waals surface area contributed by atoms with Gasteiger partial charge in [0, 0.05) is 47.9 Å². The molecule has 0 spiro atoms. The lowest BCUT2D eigenvalue weighted by Gasteiger charge is -2.13. The van der Waals surface area contributed by atoms with Crippen LogP contribution in [0.1, 0.15) is 25.0 Å². The number of imidazole rings is 1. The van der Waals surface area contributed by atoms with Crippen molar-refractivity contribution < 1.29 is 26.3 Å². The molecule has 0 radical (unpaired) electrons. The number of isothiocyanates is 1. The fourth-order valence-corrected chi connectivity index (χ4v) is 7.73. The summed E-state index contributed by atoms with van der Waals surface area (Å²) >= 11 is 21.5. The third-order valence-electron chi connectivity index (χ3n) is 7.17. The van der Waals surface area contributed by atoms with Crippen molar-refractivity contribution in [2.75, 3.05) is 19.8 Å². The van der Waals surface area contributed by atoms with Crippen molar-refractivity contribution in [2.24, 2.45) is 10.7 Å². The summed E-state index contributed by atoms with van der Waals surface area (Å²) in [6.07, 6.45) is 3.30. The first-order chi connectivity index (χ1) is 24.7. The van der Waals surface area contributed by atoms with Crippen molar-refractivity contribution in [2.45, 2.75) is 53.6 Å². The molecule has 0 bridgehead atoms. The largest absolute Gasteiger partial charge is 0.352 e. The Hall–Kier alpha value is -3.53. The SMILES string of the molecule is CCOC(CN)OCC.Cc1cc(S(=O)(=O)c2ccc(-n3cc[nH]c3=S)cc2)ccc1Cl.Cc1cc(S(=O)(=O)c2ccc(N=C=S)cc2)ccc1Cl. The first kappa shape index (κ1) is 42.9. The molecule has 0 atom stereocenters. The van der Waals surface area contributed by atoms with Gasteiger partial charge >= 0.3 is 0 Å². The third-order valence-corrected chi connectivity index (χ3v) is 12.0. The van der Waals surface area contributed by atoms with Crippen LogP contribution in [0.2, 0.25) is 10.0 Å². The summed E-state index contributed by atoms with van der Waals surface area (Å²) in [5.41, 5.74) is 8.09. The molecule has 52 heavy (non-hydrogen) atoms. The number of nitrogens with zero attached hydrogens (tertiary/aromatic N) is 2. The van der Waals surface area contributed by atoms with Gasteiger partial charge in [-0.05, 0) is 148 Å². The average Bonchev–Trinajstić information content (AvgIpc) is 3.57. The van der Waals surface area contributed by atoms with Crippen molar-refractivity contribution in [3.8, 4) is 5.69 Å². The number of aryl methyl sites for hydroxylation is 2. The number of H-pyrrole nitrogens is 1. The smallest absolute Gasteiger partial charge is 0.206 e. The van der Waals surface area contributed by atoms with Gasteiger partial charge in [-0.3, -0.25) is 4.57 Å². The minimum atomic E-state index is -3.58. The molecule has 16 heteroatoms. The predicted molar refractivity (Wildman–Crippen MR) is 211 cm³/mol. The van der Waals surface area contributed by atoms with Gasteiger partial charge in [-0.25, -0.2) is 16.8 Å². The predicted octanol–water partition coefficient (Wildman–Crippen LogP) is 8.89. The maximum atomic E-state index is 12.7. The van der Waals surface area contributed by atoms with Crippen LogP contribution in [0.5, 0.6) is 0 Å². The van der Waals surface area contributed by atoms with Gasteiger partial charge in [0.25, 0.3) is 0 Å². The number of benzene rings is 4. The van der Waals surface area contributed by atoms with Crippen LogP contribution in [0.3, 0.4) is 0 Å². The fraction of sp³-hybridized carbons (Fsp3) is 0.222. The van der Waals surface area contributed by atoms with E-state index >= 15 is 0 Å². The Kier molecular flexibility index (Phi) is 16.5. The molecule has 0 amide bonds. The number of sulfone groups is 2. The molecule has 1 aromatic heterocycles. The van der Waals surface area contributed by atoms with Crippen molar-refractivity contribution >= 4 is 78.2 Å². The van der Waals surface area contributed by atoms with E-state index in [2.05, 4.69) is 27.4 Å². The number of hydrogen-bond acceptors (Lipinski definition) is 10. The molecule has 0 unspecified atom stereocenters. The van der Waals surface area contributed by atoms with Crippen LogP contribution in [0.15, 0.2) is 122 Å². The molecule has 1 heterocycles. The zero-order valence-electron chi connectivity index (χ0n) is 28.7. The lowest BCUT2D eigenvalue weighted by molar-refractivity contribution is -0.128. The van der Waals surface area contributed by atoms with Gasteiger partial charge in [0.2, 0.25) is 19.7 Å². The van der Waals surface area contributed by atoms with Crippen molar-refractivity contribution in [1.29, 1.82) is 0 Å². The molecule has 0 saturated carbocycles. The summed E-state index contributed by atoms with van der Waals surface area (Å²) < 4.78 is 62.8. The van der Waals surface area contributed by atoms with E-state index in [1.54, 1.807) is 91.5 Å². The van der Waals surface area contributed by atoms with E-state index < -0.39 is 19.7 Å². The number of thiocarbonyl (C=S) groups is 1. The molecule has 10 nitrogen and oxygen atoms in total. The van der Waals surface area contributed by atoms with Gasteiger partial charge in [-0.2, -0.15) is 4.99 Å². The molecule has 0 aliphatic rings. The van der Waals surface area contributed by atoms with Gasteiger partial charge in [-0.1, -0.05) is 23.2 Å². The van der Waals surface area contributed by atoms with Crippen LogP contribution in [-0.4, -0.2) is 57.6 Å². The molecule has 0 aliphatic carbocycles. The molecule has 5 aromatic rings.